The van der Waals surface area contributed by atoms with Gasteiger partial charge in [0, 0.05) is 25.7 Å². The number of carbonyl (C=O) groups excluding carboxylic acids is 2. The largest absolute Gasteiger partial charge is 0.357 e. The van der Waals surface area contributed by atoms with E-state index in [2.05, 4.69) is 5.32 Å². The van der Waals surface area contributed by atoms with Crippen molar-refractivity contribution in [3.05, 3.63) is 64.7 Å². The van der Waals surface area contributed by atoms with E-state index in [9.17, 15) is 18.0 Å². The molecule has 0 aliphatic rings. The maximum atomic E-state index is 13.0. The van der Waals surface area contributed by atoms with Gasteiger partial charge in [-0.1, -0.05) is 41.4 Å². The Bertz CT molecular complexity index is 992. The van der Waals surface area contributed by atoms with Crippen molar-refractivity contribution in [3.63, 3.8) is 0 Å². The first kappa shape index (κ1) is 23.9. The summed E-state index contributed by atoms with van der Waals surface area (Å²) in [6.07, 6.45) is 0. The number of benzene rings is 2. The summed E-state index contributed by atoms with van der Waals surface area (Å²) in [6, 6.07) is 12.5. The van der Waals surface area contributed by atoms with Crippen molar-refractivity contribution < 1.29 is 18.0 Å². The number of hydrogen-bond donors (Lipinski definition) is 1. The molecule has 2 aromatic rings. The van der Waals surface area contributed by atoms with Crippen molar-refractivity contribution in [1.29, 1.82) is 0 Å². The van der Waals surface area contributed by atoms with E-state index in [0.717, 1.165) is 15.4 Å². The Morgan fingerprint density at radius 2 is 1.63 bits per heavy atom. The molecule has 0 spiro atoms. The normalized spacial score (nSPS) is 12.5. The molecular formula is C21H26ClN3O4S. The Morgan fingerprint density at radius 1 is 1.07 bits per heavy atom. The molecule has 0 saturated carbocycles. The summed E-state index contributed by atoms with van der Waals surface area (Å²) in [5.41, 5.74) is 1.91. The molecule has 162 valence electrons. The van der Waals surface area contributed by atoms with Gasteiger partial charge in [-0.15, -0.1) is 0 Å². The van der Waals surface area contributed by atoms with Crippen LogP contribution in [-0.4, -0.2) is 56.1 Å². The van der Waals surface area contributed by atoms with Gasteiger partial charge in [-0.05, 0) is 43.7 Å². The van der Waals surface area contributed by atoms with Crippen LogP contribution in [0, 0.1) is 6.92 Å². The summed E-state index contributed by atoms with van der Waals surface area (Å²) >= 11 is 5.83. The number of nitrogens with zero attached hydrogens (tertiary/aromatic N) is 2. The molecule has 0 saturated heterocycles. The van der Waals surface area contributed by atoms with Crippen LogP contribution in [0.3, 0.4) is 0 Å². The van der Waals surface area contributed by atoms with Crippen molar-refractivity contribution in [2.24, 2.45) is 0 Å². The predicted octanol–water partition coefficient (Wildman–Crippen LogP) is 2.43. The lowest BCUT2D eigenvalue weighted by Gasteiger charge is -2.30. The van der Waals surface area contributed by atoms with Gasteiger partial charge in [-0.3, -0.25) is 9.59 Å². The van der Waals surface area contributed by atoms with Gasteiger partial charge in [-0.2, -0.15) is 4.31 Å². The monoisotopic (exact) mass is 451 g/mol. The van der Waals surface area contributed by atoms with E-state index in [0.29, 0.717) is 5.02 Å². The number of amides is 2. The third-order valence-corrected chi connectivity index (χ3v) is 6.84. The molecule has 0 unspecified atom stereocenters. The Labute approximate surface area is 182 Å². The number of sulfonamides is 1. The highest BCUT2D eigenvalue weighted by atomic mass is 35.5. The van der Waals surface area contributed by atoms with E-state index in [1.54, 1.807) is 6.92 Å². The van der Waals surface area contributed by atoms with Crippen LogP contribution < -0.4 is 5.32 Å². The van der Waals surface area contributed by atoms with Gasteiger partial charge in [0.1, 0.15) is 6.04 Å². The summed E-state index contributed by atoms with van der Waals surface area (Å²) in [7, 11) is -1.07. The molecular weight excluding hydrogens is 426 g/mol. The molecule has 0 aliphatic carbocycles. The number of aryl methyl sites for hydroxylation is 1. The number of carbonyl (C=O) groups is 2. The van der Waals surface area contributed by atoms with Crippen molar-refractivity contribution in [3.8, 4) is 0 Å². The highest BCUT2D eigenvalue weighted by Gasteiger charge is 2.29. The quantitative estimate of drug-likeness (QED) is 0.667. The minimum absolute atomic E-state index is 0.0339. The SMILES string of the molecule is CNC(=O)[C@H](C)N(Cc1ccc(C)cc1)C(=O)CN(C)S(=O)(=O)c1ccc(Cl)cc1. The Balaban J connectivity index is 2.24. The number of likely N-dealkylation sites (N-methyl/N-ethyl adjacent to an activating group) is 2. The van der Waals surface area contributed by atoms with E-state index in [4.69, 9.17) is 11.6 Å². The Kier molecular flexibility index (Phi) is 8.00. The maximum absolute atomic E-state index is 13.0. The Morgan fingerprint density at radius 3 is 2.17 bits per heavy atom. The topological polar surface area (TPSA) is 86.8 Å². The van der Waals surface area contributed by atoms with Crippen LogP contribution in [0.25, 0.3) is 0 Å². The third-order valence-electron chi connectivity index (χ3n) is 4.77. The predicted molar refractivity (Wildman–Crippen MR) is 117 cm³/mol. The summed E-state index contributed by atoms with van der Waals surface area (Å²) in [6.45, 7) is 3.34. The zero-order chi connectivity index (χ0) is 22.5. The number of hydrogen-bond acceptors (Lipinski definition) is 4. The standard InChI is InChI=1S/C21H26ClN3O4S/c1-15-5-7-17(8-6-15)13-25(16(2)21(27)23-3)20(26)14-24(4)30(28,29)19-11-9-18(22)10-12-19/h5-12,16H,13-14H2,1-4H3,(H,23,27)/t16-/m0/s1. The van der Waals surface area contributed by atoms with Gasteiger partial charge in [0.2, 0.25) is 21.8 Å². The fourth-order valence-electron chi connectivity index (χ4n) is 2.83. The minimum atomic E-state index is -3.89. The first-order valence-corrected chi connectivity index (χ1v) is 11.2. The van der Waals surface area contributed by atoms with Crippen LogP contribution >= 0.6 is 11.6 Å². The van der Waals surface area contributed by atoms with Gasteiger partial charge in [0.25, 0.3) is 0 Å². The van der Waals surface area contributed by atoms with Gasteiger partial charge in [0.05, 0.1) is 11.4 Å². The van der Waals surface area contributed by atoms with E-state index < -0.39 is 28.5 Å². The molecule has 0 heterocycles. The number of rotatable bonds is 8. The molecule has 2 rings (SSSR count). The van der Waals surface area contributed by atoms with Crippen molar-refractivity contribution in [2.45, 2.75) is 31.3 Å². The van der Waals surface area contributed by atoms with Gasteiger partial charge in [0.15, 0.2) is 0 Å². The fraction of sp³-hybridized carbons (Fsp3) is 0.333. The number of halogens is 1. The van der Waals surface area contributed by atoms with Crippen LogP contribution in [0.2, 0.25) is 5.02 Å². The smallest absolute Gasteiger partial charge is 0.243 e. The van der Waals surface area contributed by atoms with Crippen LogP contribution in [0.15, 0.2) is 53.4 Å². The van der Waals surface area contributed by atoms with E-state index in [-0.39, 0.29) is 17.3 Å². The lowest BCUT2D eigenvalue weighted by atomic mass is 10.1. The Hall–Kier alpha value is -2.42. The third kappa shape index (κ3) is 5.81. The molecule has 2 amide bonds. The summed E-state index contributed by atoms with van der Waals surface area (Å²) < 4.78 is 26.5. The molecule has 1 atom stereocenters. The zero-order valence-electron chi connectivity index (χ0n) is 17.4. The molecule has 0 aromatic heterocycles. The van der Waals surface area contributed by atoms with Gasteiger partial charge >= 0.3 is 0 Å². The summed E-state index contributed by atoms with van der Waals surface area (Å²) in [4.78, 5) is 26.6. The molecule has 0 bridgehead atoms. The first-order chi connectivity index (χ1) is 14.1. The summed E-state index contributed by atoms with van der Waals surface area (Å²) in [5, 5.41) is 2.95. The fourth-order valence-corrected chi connectivity index (χ4v) is 4.08. The molecule has 2 aromatic carbocycles. The maximum Gasteiger partial charge on any atom is 0.243 e. The molecule has 0 radical (unpaired) electrons. The van der Waals surface area contributed by atoms with E-state index in [1.165, 1.54) is 43.3 Å². The molecule has 1 N–H and O–H groups in total. The molecule has 30 heavy (non-hydrogen) atoms. The second-order valence-corrected chi connectivity index (χ2v) is 9.49. The van der Waals surface area contributed by atoms with Crippen LogP contribution in [0.4, 0.5) is 0 Å². The highest BCUT2D eigenvalue weighted by Crippen LogP contribution is 2.18. The van der Waals surface area contributed by atoms with E-state index >= 15 is 0 Å². The van der Waals surface area contributed by atoms with Crippen LogP contribution in [-0.2, 0) is 26.2 Å². The minimum Gasteiger partial charge on any atom is -0.357 e. The van der Waals surface area contributed by atoms with E-state index in [1.807, 2.05) is 31.2 Å². The zero-order valence-corrected chi connectivity index (χ0v) is 19.0. The average molecular weight is 452 g/mol. The molecule has 7 nitrogen and oxygen atoms in total. The average Bonchev–Trinajstić information content (AvgIpc) is 2.72. The molecule has 0 aliphatic heterocycles. The highest BCUT2D eigenvalue weighted by molar-refractivity contribution is 7.89. The van der Waals surface area contributed by atoms with Gasteiger partial charge < -0.3 is 10.2 Å². The second-order valence-electron chi connectivity index (χ2n) is 7.01. The van der Waals surface area contributed by atoms with Crippen LogP contribution in [0.5, 0.6) is 0 Å². The number of nitrogens with one attached hydrogen (secondary N) is 1. The van der Waals surface area contributed by atoms with Crippen LogP contribution in [0.1, 0.15) is 18.1 Å². The van der Waals surface area contributed by atoms with Crippen molar-refractivity contribution in [2.75, 3.05) is 20.6 Å². The first-order valence-electron chi connectivity index (χ1n) is 9.34. The van der Waals surface area contributed by atoms with Crippen molar-refractivity contribution >= 4 is 33.4 Å². The second kappa shape index (κ2) is 10.1. The van der Waals surface area contributed by atoms with Crippen molar-refractivity contribution in [1.82, 2.24) is 14.5 Å². The van der Waals surface area contributed by atoms with Gasteiger partial charge in [-0.25, -0.2) is 8.42 Å². The molecule has 0 fully saturated rings. The summed E-state index contributed by atoms with van der Waals surface area (Å²) in [5.74, 6) is -0.814. The lowest BCUT2D eigenvalue weighted by Crippen LogP contribution is -2.50. The lowest BCUT2D eigenvalue weighted by molar-refractivity contribution is -0.140. The molecule has 9 heteroatoms.